The molecule has 1 aromatic carbocycles. The summed E-state index contributed by atoms with van der Waals surface area (Å²) in [5.41, 5.74) is 0.674. The fourth-order valence-corrected chi connectivity index (χ4v) is 1.25. The Morgan fingerprint density at radius 2 is 1.82 bits per heavy atom. The van der Waals surface area contributed by atoms with Crippen LogP contribution in [0.1, 0.15) is 31.1 Å². The third-order valence-electron chi connectivity index (χ3n) is 1.84. The molecule has 0 amide bonds. The molecular formula is C13H17NO3. The molecule has 0 radical (unpaired) electrons. The molecule has 1 rings (SSSR count). The van der Waals surface area contributed by atoms with Gasteiger partial charge in [0.15, 0.2) is 5.88 Å². The van der Waals surface area contributed by atoms with E-state index in [0.717, 1.165) is 5.69 Å². The zero-order valence-electron chi connectivity index (χ0n) is 10.3. The Labute approximate surface area is 101 Å². The smallest absolute Gasteiger partial charge is 0.335 e. The molecule has 4 heteroatoms. The van der Waals surface area contributed by atoms with Crippen molar-refractivity contribution < 1.29 is 14.6 Å². The van der Waals surface area contributed by atoms with Crippen molar-refractivity contribution >= 4 is 11.7 Å². The fourth-order valence-electron chi connectivity index (χ4n) is 1.25. The summed E-state index contributed by atoms with van der Waals surface area (Å²) in [5, 5.41) is 11.7. The Morgan fingerprint density at radius 3 is 2.24 bits per heavy atom. The minimum absolute atomic E-state index is 0.248. The normalized spacial score (nSPS) is 10.8. The summed E-state index contributed by atoms with van der Waals surface area (Å²) in [5.74, 6) is -0.512. The number of nitrogens with one attached hydrogen (secondary N) is 1. The van der Waals surface area contributed by atoms with Crippen LogP contribution in [-0.2, 0) is 4.74 Å². The van der Waals surface area contributed by atoms with Gasteiger partial charge in [0.1, 0.15) is 5.60 Å². The predicted octanol–water partition coefficient (Wildman–Crippen LogP) is 3.08. The lowest BCUT2D eigenvalue weighted by Gasteiger charge is -2.23. The summed E-state index contributed by atoms with van der Waals surface area (Å²) in [4.78, 5) is 10.7. The Balaban J connectivity index is 2.64. The SMILES string of the molecule is C=C(Nc1ccc(C(=O)O)cc1)OC(C)(C)C. The van der Waals surface area contributed by atoms with Crippen LogP contribution in [0, 0.1) is 0 Å². The largest absolute Gasteiger partial charge is 0.478 e. The molecule has 0 heterocycles. The van der Waals surface area contributed by atoms with E-state index in [4.69, 9.17) is 9.84 Å². The average Bonchev–Trinajstić information content (AvgIpc) is 2.15. The summed E-state index contributed by atoms with van der Waals surface area (Å²) in [6.07, 6.45) is 0. The first-order valence-electron chi connectivity index (χ1n) is 5.26. The van der Waals surface area contributed by atoms with Crippen molar-refractivity contribution in [1.29, 1.82) is 0 Å². The number of carbonyl (C=O) groups is 1. The fraction of sp³-hybridized carbons (Fsp3) is 0.308. The maximum absolute atomic E-state index is 10.7. The van der Waals surface area contributed by atoms with E-state index in [1.54, 1.807) is 12.1 Å². The van der Waals surface area contributed by atoms with E-state index in [1.165, 1.54) is 12.1 Å². The highest BCUT2D eigenvalue weighted by Gasteiger charge is 2.12. The quantitative estimate of drug-likeness (QED) is 0.787. The minimum atomic E-state index is -0.943. The molecule has 4 nitrogen and oxygen atoms in total. The first-order chi connectivity index (χ1) is 7.78. The third kappa shape index (κ3) is 4.59. The van der Waals surface area contributed by atoms with Crippen molar-refractivity contribution in [3.05, 3.63) is 42.3 Å². The van der Waals surface area contributed by atoms with Gasteiger partial charge in [0.2, 0.25) is 0 Å². The number of hydrogen-bond donors (Lipinski definition) is 2. The van der Waals surface area contributed by atoms with Crippen LogP contribution in [0.15, 0.2) is 36.7 Å². The molecule has 0 spiro atoms. The van der Waals surface area contributed by atoms with E-state index in [2.05, 4.69) is 11.9 Å². The first kappa shape index (κ1) is 13.1. The molecule has 0 aliphatic rings. The van der Waals surface area contributed by atoms with Crippen LogP contribution in [0.2, 0.25) is 0 Å². The van der Waals surface area contributed by atoms with E-state index < -0.39 is 5.97 Å². The van der Waals surface area contributed by atoms with Gasteiger partial charge in [0, 0.05) is 5.69 Å². The van der Waals surface area contributed by atoms with E-state index in [9.17, 15) is 4.79 Å². The van der Waals surface area contributed by atoms with E-state index >= 15 is 0 Å². The molecule has 0 aromatic heterocycles. The second-order valence-electron chi connectivity index (χ2n) is 4.65. The zero-order chi connectivity index (χ0) is 13.1. The molecule has 0 unspecified atom stereocenters. The monoisotopic (exact) mass is 235 g/mol. The molecule has 0 atom stereocenters. The molecule has 1 aromatic rings. The van der Waals surface area contributed by atoms with Gasteiger partial charge in [-0.15, -0.1) is 0 Å². The van der Waals surface area contributed by atoms with Gasteiger partial charge in [-0.05, 0) is 51.6 Å². The minimum Gasteiger partial charge on any atom is -0.478 e. The average molecular weight is 235 g/mol. The van der Waals surface area contributed by atoms with Crippen molar-refractivity contribution in [2.75, 3.05) is 5.32 Å². The number of carboxylic acid groups (broad SMARTS) is 1. The molecule has 0 aliphatic heterocycles. The van der Waals surface area contributed by atoms with Crippen molar-refractivity contribution in [2.45, 2.75) is 26.4 Å². The Kier molecular flexibility index (Phi) is 3.78. The van der Waals surface area contributed by atoms with Crippen LogP contribution in [0.25, 0.3) is 0 Å². The van der Waals surface area contributed by atoms with Crippen molar-refractivity contribution in [2.24, 2.45) is 0 Å². The van der Waals surface area contributed by atoms with Gasteiger partial charge in [-0.2, -0.15) is 0 Å². The molecule has 17 heavy (non-hydrogen) atoms. The Hall–Kier alpha value is -1.97. The molecule has 0 aliphatic carbocycles. The Bertz CT molecular complexity index is 415. The Morgan fingerprint density at radius 1 is 1.29 bits per heavy atom. The zero-order valence-corrected chi connectivity index (χ0v) is 10.3. The second-order valence-corrected chi connectivity index (χ2v) is 4.65. The summed E-state index contributed by atoms with van der Waals surface area (Å²) in [6, 6.07) is 6.38. The summed E-state index contributed by atoms with van der Waals surface area (Å²) in [6.45, 7) is 9.52. The van der Waals surface area contributed by atoms with E-state index in [0.29, 0.717) is 5.88 Å². The standard InChI is InChI=1S/C13H17NO3/c1-9(17-13(2,3)4)14-11-7-5-10(6-8-11)12(15)16/h5-8,14H,1H2,2-4H3,(H,15,16). The summed E-state index contributed by atoms with van der Waals surface area (Å²) in [7, 11) is 0. The molecule has 0 bridgehead atoms. The van der Waals surface area contributed by atoms with Gasteiger partial charge in [-0.1, -0.05) is 0 Å². The number of hydrogen-bond acceptors (Lipinski definition) is 3. The topological polar surface area (TPSA) is 58.6 Å². The molecular weight excluding hydrogens is 218 g/mol. The lowest BCUT2D eigenvalue weighted by atomic mass is 10.2. The number of aromatic carboxylic acids is 1. The lowest BCUT2D eigenvalue weighted by Crippen LogP contribution is -2.21. The van der Waals surface area contributed by atoms with Crippen molar-refractivity contribution in [3.8, 4) is 0 Å². The number of carboxylic acids is 1. The van der Waals surface area contributed by atoms with Gasteiger partial charge in [-0.25, -0.2) is 4.79 Å². The summed E-state index contributed by atoms with van der Waals surface area (Å²) >= 11 is 0. The van der Waals surface area contributed by atoms with Gasteiger partial charge in [0.25, 0.3) is 0 Å². The highest BCUT2D eigenvalue weighted by molar-refractivity contribution is 5.88. The first-order valence-corrected chi connectivity index (χ1v) is 5.26. The van der Waals surface area contributed by atoms with Crippen LogP contribution < -0.4 is 5.32 Å². The van der Waals surface area contributed by atoms with Gasteiger partial charge < -0.3 is 15.2 Å². The van der Waals surface area contributed by atoms with Gasteiger partial charge >= 0.3 is 5.97 Å². The van der Waals surface area contributed by atoms with Crippen LogP contribution in [0.5, 0.6) is 0 Å². The van der Waals surface area contributed by atoms with Crippen LogP contribution in [-0.4, -0.2) is 16.7 Å². The van der Waals surface area contributed by atoms with E-state index in [-0.39, 0.29) is 11.2 Å². The van der Waals surface area contributed by atoms with Crippen molar-refractivity contribution in [1.82, 2.24) is 0 Å². The second kappa shape index (κ2) is 4.91. The van der Waals surface area contributed by atoms with Crippen LogP contribution >= 0.6 is 0 Å². The highest BCUT2D eigenvalue weighted by atomic mass is 16.5. The number of anilines is 1. The third-order valence-corrected chi connectivity index (χ3v) is 1.84. The van der Waals surface area contributed by atoms with Crippen molar-refractivity contribution in [3.63, 3.8) is 0 Å². The molecule has 0 saturated carbocycles. The molecule has 92 valence electrons. The van der Waals surface area contributed by atoms with Crippen LogP contribution in [0.3, 0.4) is 0 Å². The molecule has 0 saturated heterocycles. The lowest BCUT2D eigenvalue weighted by molar-refractivity contribution is 0.0565. The molecule has 0 fully saturated rings. The number of benzene rings is 1. The summed E-state index contributed by atoms with van der Waals surface area (Å²) < 4.78 is 5.50. The predicted molar refractivity (Wildman–Crippen MR) is 67.0 cm³/mol. The highest BCUT2D eigenvalue weighted by Crippen LogP contribution is 2.16. The van der Waals surface area contributed by atoms with Gasteiger partial charge in [0.05, 0.1) is 5.56 Å². The molecule has 2 N–H and O–H groups in total. The number of ether oxygens (including phenoxy) is 1. The van der Waals surface area contributed by atoms with Crippen LogP contribution in [0.4, 0.5) is 5.69 Å². The maximum atomic E-state index is 10.7. The number of rotatable bonds is 4. The van der Waals surface area contributed by atoms with Gasteiger partial charge in [-0.3, -0.25) is 0 Å². The maximum Gasteiger partial charge on any atom is 0.335 e. The van der Waals surface area contributed by atoms with E-state index in [1.807, 2.05) is 20.8 Å².